The van der Waals surface area contributed by atoms with E-state index in [4.69, 9.17) is 0 Å². The third-order valence-corrected chi connectivity index (χ3v) is 2.88. The van der Waals surface area contributed by atoms with E-state index in [2.05, 4.69) is 32.0 Å². The van der Waals surface area contributed by atoms with Crippen molar-refractivity contribution in [2.45, 2.75) is 39.0 Å². The smallest absolute Gasteiger partial charge is 0.0149 e. The highest BCUT2D eigenvalue weighted by molar-refractivity contribution is 5.81. The van der Waals surface area contributed by atoms with Crippen LogP contribution in [0.15, 0.2) is 18.2 Å². The Hall–Kier alpha value is -0.780. The average molecular weight is 160 g/mol. The highest BCUT2D eigenvalue weighted by Gasteiger charge is 2.20. The van der Waals surface area contributed by atoms with Crippen molar-refractivity contribution in [3.63, 3.8) is 0 Å². The maximum Gasteiger partial charge on any atom is -0.0149 e. The van der Waals surface area contributed by atoms with Gasteiger partial charge in [-0.2, -0.15) is 0 Å². The van der Waals surface area contributed by atoms with Gasteiger partial charge in [0.05, 0.1) is 0 Å². The second-order valence-electron chi connectivity index (χ2n) is 3.85. The van der Waals surface area contributed by atoms with E-state index in [1.54, 1.807) is 11.1 Å². The van der Waals surface area contributed by atoms with Crippen molar-refractivity contribution >= 4 is 0 Å². The molecule has 0 amide bonds. The van der Waals surface area contributed by atoms with Gasteiger partial charge in [-0.3, -0.25) is 0 Å². The van der Waals surface area contributed by atoms with Gasteiger partial charge in [-0.15, -0.1) is 0 Å². The lowest BCUT2D eigenvalue weighted by atomic mass is 9.79. The van der Waals surface area contributed by atoms with Crippen LogP contribution >= 0.6 is 0 Å². The first kappa shape index (κ1) is 7.85. The van der Waals surface area contributed by atoms with Crippen LogP contribution in [0.25, 0.3) is 11.1 Å². The van der Waals surface area contributed by atoms with Crippen molar-refractivity contribution in [2.75, 3.05) is 0 Å². The second-order valence-corrected chi connectivity index (χ2v) is 3.85. The van der Waals surface area contributed by atoms with Gasteiger partial charge in [0.15, 0.2) is 0 Å². The summed E-state index contributed by atoms with van der Waals surface area (Å²) in [7, 11) is 0. The number of unbranched alkanes of at least 4 members (excludes halogenated alkanes) is 1. The van der Waals surface area contributed by atoms with E-state index < -0.39 is 0 Å². The van der Waals surface area contributed by atoms with E-state index in [9.17, 15) is 0 Å². The van der Waals surface area contributed by atoms with E-state index in [1.807, 2.05) is 0 Å². The van der Waals surface area contributed by atoms with Gasteiger partial charge in [-0.25, -0.2) is 0 Å². The molecule has 0 heterocycles. The molecule has 0 saturated heterocycles. The van der Waals surface area contributed by atoms with Crippen molar-refractivity contribution in [3.8, 4) is 11.1 Å². The quantitative estimate of drug-likeness (QED) is 0.635. The van der Waals surface area contributed by atoms with Crippen molar-refractivity contribution in [1.29, 1.82) is 0 Å². The van der Waals surface area contributed by atoms with Crippen molar-refractivity contribution in [3.05, 3.63) is 23.8 Å². The summed E-state index contributed by atoms with van der Waals surface area (Å²) in [6.07, 6.45) is 4.04. The summed E-state index contributed by atoms with van der Waals surface area (Å²) < 4.78 is 0. The molecule has 0 aromatic heterocycles. The summed E-state index contributed by atoms with van der Waals surface area (Å²) in [5.41, 5.74) is 4.62. The summed E-state index contributed by atoms with van der Waals surface area (Å²) in [5, 5.41) is 0. The Kier molecular flexibility index (Phi) is 1.92. The number of hydrogen-bond donors (Lipinski definition) is 0. The van der Waals surface area contributed by atoms with Crippen LogP contribution in [0.5, 0.6) is 0 Å². The molecule has 0 spiro atoms. The van der Waals surface area contributed by atoms with Crippen LogP contribution in [0, 0.1) is 0 Å². The zero-order valence-corrected chi connectivity index (χ0v) is 7.93. The van der Waals surface area contributed by atoms with Crippen LogP contribution in [0.3, 0.4) is 0 Å². The van der Waals surface area contributed by atoms with E-state index in [1.165, 1.54) is 24.8 Å². The molecule has 0 saturated carbocycles. The molecule has 12 heavy (non-hydrogen) atoms. The van der Waals surface area contributed by atoms with Crippen LogP contribution in [0.2, 0.25) is 0 Å². The van der Waals surface area contributed by atoms with E-state index >= 15 is 0 Å². The highest BCUT2D eigenvalue weighted by atomic mass is 14.2. The summed E-state index contributed by atoms with van der Waals surface area (Å²) in [6.45, 7) is 4.60. The molecule has 1 unspecified atom stereocenters. The average Bonchev–Trinajstić information content (AvgIpc) is 2.05. The van der Waals surface area contributed by atoms with Crippen molar-refractivity contribution < 1.29 is 0 Å². The molecule has 0 heteroatoms. The lowest BCUT2D eigenvalue weighted by Crippen LogP contribution is -2.04. The largest absolute Gasteiger partial charge is 0.0654 e. The lowest BCUT2D eigenvalue weighted by molar-refractivity contribution is 0.622. The molecule has 1 atom stereocenters. The van der Waals surface area contributed by atoms with Gasteiger partial charge < -0.3 is 0 Å². The van der Waals surface area contributed by atoms with Crippen LogP contribution in [0.1, 0.15) is 44.6 Å². The second kappa shape index (κ2) is 2.93. The maximum absolute atomic E-state index is 2.34. The van der Waals surface area contributed by atoms with Gasteiger partial charge >= 0.3 is 0 Å². The molecule has 2 aliphatic rings. The molecule has 0 bridgehead atoms. The van der Waals surface area contributed by atoms with Gasteiger partial charge in [0.25, 0.3) is 0 Å². The van der Waals surface area contributed by atoms with Crippen LogP contribution < -0.4 is 0 Å². The van der Waals surface area contributed by atoms with Crippen molar-refractivity contribution in [2.24, 2.45) is 0 Å². The molecule has 0 radical (unpaired) electrons. The molecular weight excluding hydrogens is 144 g/mol. The molecule has 64 valence electrons. The summed E-state index contributed by atoms with van der Waals surface area (Å²) in [6, 6.07) is 6.79. The Morgan fingerprint density at radius 3 is 2.58 bits per heavy atom. The Morgan fingerprint density at radius 2 is 2.17 bits per heavy atom. The molecule has 0 aromatic rings. The zero-order chi connectivity index (χ0) is 8.55. The first-order chi connectivity index (χ1) is 5.83. The topological polar surface area (TPSA) is 0 Å². The maximum atomic E-state index is 2.34. The van der Waals surface area contributed by atoms with E-state index in [0.717, 1.165) is 5.92 Å². The molecule has 2 rings (SSSR count). The third kappa shape index (κ3) is 1.06. The SMILES string of the molecule is CCCCC(C)c1cc2ccc1-2. The number of rotatable bonds is 4. The standard InChI is InChI=1S/C12H16/c1-3-4-5-9(2)12-8-10-6-7-11(10)12/h6-9H,3-5H2,1-2H3. The summed E-state index contributed by atoms with van der Waals surface area (Å²) in [5.74, 6) is 0.786. The van der Waals surface area contributed by atoms with Gasteiger partial charge in [-0.1, -0.05) is 44.9 Å². The fourth-order valence-corrected chi connectivity index (χ4v) is 1.89. The minimum absolute atomic E-state index is 0.786. The predicted molar refractivity (Wildman–Crippen MR) is 53.4 cm³/mol. The Labute approximate surface area is 74.6 Å². The van der Waals surface area contributed by atoms with E-state index in [-0.39, 0.29) is 0 Å². The van der Waals surface area contributed by atoms with Gasteiger partial charge in [0.1, 0.15) is 0 Å². The van der Waals surface area contributed by atoms with Crippen LogP contribution in [0.4, 0.5) is 0 Å². The molecule has 0 N–H and O–H groups in total. The predicted octanol–water partition coefficient (Wildman–Crippen LogP) is 3.96. The van der Waals surface area contributed by atoms with Gasteiger partial charge in [0, 0.05) is 0 Å². The first-order valence-electron chi connectivity index (χ1n) is 4.97. The molecule has 2 aliphatic carbocycles. The number of fused-ring (bicyclic) bond motifs is 1. The van der Waals surface area contributed by atoms with Crippen molar-refractivity contribution in [1.82, 2.24) is 0 Å². The Balaban J connectivity index is 1.95. The Bertz CT molecular complexity index is 286. The first-order valence-corrected chi connectivity index (χ1v) is 4.97. The summed E-state index contributed by atoms with van der Waals surface area (Å²) in [4.78, 5) is 0. The fourth-order valence-electron chi connectivity index (χ4n) is 1.89. The van der Waals surface area contributed by atoms with Crippen LogP contribution in [-0.4, -0.2) is 0 Å². The third-order valence-electron chi connectivity index (χ3n) is 2.88. The summed E-state index contributed by atoms with van der Waals surface area (Å²) >= 11 is 0. The number of hydrogen-bond acceptors (Lipinski definition) is 0. The molecule has 0 nitrogen and oxygen atoms in total. The molecule has 0 fully saturated rings. The lowest BCUT2D eigenvalue weighted by Gasteiger charge is -2.25. The molecule has 0 aliphatic heterocycles. The number of benzene rings is 1. The van der Waals surface area contributed by atoms with E-state index in [0.29, 0.717) is 0 Å². The highest BCUT2D eigenvalue weighted by Crippen LogP contribution is 2.42. The zero-order valence-electron chi connectivity index (χ0n) is 7.93. The Morgan fingerprint density at radius 1 is 1.33 bits per heavy atom. The van der Waals surface area contributed by atoms with Gasteiger partial charge in [-0.05, 0) is 29.0 Å². The van der Waals surface area contributed by atoms with Crippen LogP contribution in [-0.2, 0) is 0 Å². The fraction of sp³-hybridized carbons (Fsp3) is 0.500. The van der Waals surface area contributed by atoms with Gasteiger partial charge in [0.2, 0.25) is 0 Å². The minimum Gasteiger partial charge on any atom is -0.0654 e. The molecule has 0 aromatic carbocycles. The normalized spacial score (nSPS) is 14.5. The minimum atomic E-state index is 0.786. The molecular formula is C12H16. The monoisotopic (exact) mass is 160 g/mol.